The highest BCUT2D eigenvalue weighted by Gasteiger charge is 2.22. The van der Waals surface area contributed by atoms with Crippen molar-refractivity contribution in [2.75, 3.05) is 19.6 Å². The summed E-state index contributed by atoms with van der Waals surface area (Å²) in [6.45, 7) is 3.66. The van der Waals surface area contributed by atoms with Crippen LogP contribution in [0.15, 0.2) is 54.6 Å². The lowest BCUT2D eigenvalue weighted by molar-refractivity contribution is 0.191. The zero-order chi connectivity index (χ0) is 13.8. The third kappa shape index (κ3) is 3.06. The third-order valence-corrected chi connectivity index (χ3v) is 3.79. The van der Waals surface area contributed by atoms with Crippen molar-refractivity contribution >= 4 is 0 Å². The van der Waals surface area contributed by atoms with Gasteiger partial charge in [-0.25, -0.2) is 4.39 Å². The maximum Gasteiger partial charge on any atom is 0.128 e. The quantitative estimate of drug-likeness (QED) is 0.922. The number of hydrogen-bond acceptors (Lipinski definition) is 2. The van der Waals surface area contributed by atoms with Crippen molar-refractivity contribution in [2.24, 2.45) is 0 Å². The topological polar surface area (TPSA) is 15.3 Å². The Labute approximate surface area is 119 Å². The summed E-state index contributed by atoms with van der Waals surface area (Å²) in [5.41, 5.74) is 2.08. The fourth-order valence-corrected chi connectivity index (χ4v) is 2.76. The molecule has 1 aliphatic rings. The predicted molar refractivity (Wildman–Crippen MR) is 78.9 cm³/mol. The van der Waals surface area contributed by atoms with Crippen molar-refractivity contribution in [3.8, 4) is 0 Å². The van der Waals surface area contributed by atoms with Gasteiger partial charge in [-0.05, 0) is 11.6 Å². The number of rotatable bonds is 3. The van der Waals surface area contributed by atoms with Gasteiger partial charge in [0.05, 0.1) is 0 Å². The van der Waals surface area contributed by atoms with Gasteiger partial charge in [-0.3, -0.25) is 4.90 Å². The molecule has 3 heteroatoms. The fourth-order valence-electron chi connectivity index (χ4n) is 2.76. The molecular formula is C17H19FN2. The van der Waals surface area contributed by atoms with Crippen LogP contribution in [-0.2, 0) is 6.54 Å². The summed E-state index contributed by atoms with van der Waals surface area (Å²) < 4.78 is 13.9. The maximum absolute atomic E-state index is 13.9. The van der Waals surface area contributed by atoms with Crippen LogP contribution in [0.4, 0.5) is 4.39 Å². The molecule has 0 bridgehead atoms. The average Bonchev–Trinajstić information content (AvgIpc) is 2.49. The molecule has 1 N–H and O–H groups in total. The summed E-state index contributed by atoms with van der Waals surface area (Å²) in [4.78, 5) is 2.38. The van der Waals surface area contributed by atoms with Crippen molar-refractivity contribution in [1.82, 2.24) is 10.2 Å². The molecule has 104 valence electrons. The number of halogens is 1. The Balaban J connectivity index is 1.69. The molecule has 0 aromatic heterocycles. The van der Waals surface area contributed by atoms with E-state index in [1.807, 2.05) is 18.2 Å². The molecule has 0 radical (unpaired) electrons. The lowest BCUT2D eigenvalue weighted by Crippen LogP contribution is -2.45. The normalized spacial score (nSPS) is 19.9. The average molecular weight is 270 g/mol. The molecule has 0 saturated carbocycles. The van der Waals surface area contributed by atoms with Gasteiger partial charge in [-0.2, -0.15) is 0 Å². The fraction of sp³-hybridized carbons (Fsp3) is 0.294. The molecule has 1 unspecified atom stereocenters. The lowest BCUT2D eigenvalue weighted by atomic mass is 10.0. The zero-order valence-electron chi connectivity index (χ0n) is 11.4. The van der Waals surface area contributed by atoms with Crippen LogP contribution in [0.25, 0.3) is 0 Å². The van der Waals surface area contributed by atoms with Crippen LogP contribution in [0.2, 0.25) is 0 Å². The highest BCUT2D eigenvalue weighted by Crippen LogP contribution is 2.21. The van der Waals surface area contributed by atoms with Crippen LogP contribution in [0.1, 0.15) is 17.2 Å². The summed E-state index contributed by atoms with van der Waals surface area (Å²) in [5.74, 6) is -0.119. The van der Waals surface area contributed by atoms with E-state index < -0.39 is 0 Å². The first-order chi connectivity index (χ1) is 9.83. The van der Waals surface area contributed by atoms with Gasteiger partial charge >= 0.3 is 0 Å². The highest BCUT2D eigenvalue weighted by molar-refractivity contribution is 5.22. The standard InChI is InChI=1S/C17H19FN2/c18-16-9-5-4-8-15(16)17-13-20(11-10-19-17)12-14-6-2-1-3-7-14/h1-9,17,19H,10-13H2. The number of nitrogens with zero attached hydrogens (tertiary/aromatic N) is 1. The molecule has 2 aromatic carbocycles. The van der Waals surface area contributed by atoms with E-state index in [9.17, 15) is 4.39 Å². The molecular weight excluding hydrogens is 251 g/mol. The van der Waals surface area contributed by atoms with E-state index in [-0.39, 0.29) is 11.9 Å². The summed E-state index contributed by atoms with van der Waals surface area (Å²) in [5, 5.41) is 3.41. The van der Waals surface area contributed by atoms with Crippen LogP contribution >= 0.6 is 0 Å². The molecule has 1 saturated heterocycles. The Kier molecular flexibility index (Phi) is 4.09. The number of nitrogens with one attached hydrogen (secondary N) is 1. The second kappa shape index (κ2) is 6.16. The predicted octanol–water partition coefficient (Wildman–Crippen LogP) is 2.97. The van der Waals surface area contributed by atoms with Gasteiger partial charge in [0.2, 0.25) is 0 Å². The van der Waals surface area contributed by atoms with Crippen molar-refractivity contribution in [2.45, 2.75) is 12.6 Å². The number of hydrogen-bond donors (Lipinski definition) is 1. The Morgan fingerprint density at radius 3 is 2.60 bits per heavy atom. The largest absolute Gasteiger partial charge is 0.307 e. The zero-order valence-corrected chi connectivity index (χ0v) is 11.4. The molecule has 2 nitrogen and oxygen atoms in total. The number of benzene rings is 2. The SMILES string of the molecule is Fc1ccccc1C1CN(Cc2ccccc2)CCN1. The molecule has 0 spiro atoms. The highest BCUT2D eigenvalue weighted by atomic mass is 19.1. The van der Waals surface area contributed by atoms with Gasteiger partial charge in [-0.15, -0.1) is 0 Å². The van der Waals surface area contributed by atoms with Gasteiger partial charge in [-0.1, -0.05) is 48.5 Å². The molecule has 20 heavy (non-hydrogen) atoms. The summed E-state index contributed by atoms with van der Waals surface area (Å²) in [6.07, 6.45) is 0. The van der Waals surface area contributed by atoms with Crippen LogP contribution < -0.4 is 5.32 Å². The van der Waals surface area contributed by atoms with Crippen molar-refractivity contribution in [3.05, 3.63) is 71.5 Å². The Morgan fingerprint density at radius 2 is 1.80 bits per heavy atom. The molecule has 1 heterocycles. The van der Waals surface area contributed by atoms with Crippen LogP contribution in [0, 0.1) is 5.82 Å². The molecule has 3 rings (SSSR count). The minimum Gasteiger partial charge on any atom is -0.307 e. The Morgan fingerprint density at radius 1 is 1.05 bits per heavy atom. The van der Waals surface area contributed by atoms with Gasteiger partial charge in [0.1, 0.15) is 5.82 Å². The lowest BCUT2D eigenvalue weighted by Gasteiger charge is -2.34. The van der Waals surface area contributed by atoms with E-state index >= 15 is 0 Å². The summed E-state index contributed by atoms with van der Waals surface area (Å²) in [6, 6.07) is 17.6. The van der Waals surface area contributed by atoms with Crippen LogP contribution in [-0.4, -0.2) is 24.5 Å². The van der Waals surface area contributed by atoms with Gasteiger partial charge in [0, 0.05) is 37.8 Å². The molecule has 1 aliphatic heterocycles. The van der Waals surface area contributed by atoms with Crippen LogP contribution in [0.5, 0.6) is 0 Å². The number of piperazine rings is 1. The maximum atomic E-state index is 13.9. The molecule has 2 aromatic rings. The first kappa shape index (κ1) is 13.3. The smallest absolute Gasteiger partial charge is 0.128 e. The minimum absolute atomic E-state index is 0.0775. The summed E-state index contributed by atoms with van der Waals surface area (Å²) >= 11 is 0. The van der Waals surface area contributed by atoms with E-state index in [0.717, 1.165) is 31.7 Å². The van der Waals surface area contributed by atoms with E-state index in [1.165, 1.54) is 11.6 Å². The van der Waals surface area contributed by atoms with Gasteiger partial charge in [0.15, 0.2) is 0 Å². The van der Waals surface area contributed by atoms with E-state index in [4.69, 9.17) is 0 Å². The molecule has 0 amide bonds. The first-order valence-electron chi connectivity index (χ1n) is 7.07. The molecule has 1 fully saturated rings. The Bertz CT molecular complexity index is 556. The molecule has 1 atom stereocenters. The van der Waals surface area contributed by atoms with E-state index in [2.05, 4.69) is 34.5 Å². The van der Waals surface area contributed by atoms with Crippen molar-refractivity contribution < 1.29 is 4.39 Å². The molecule has 0 aliphatic carbocycles. The monoisotopic (exact) mass is 270 g/mol. The summed E-state index contributed by atoms with van der Waals surface area (Å²) in [7, 11) is 0. The second-order valence-corrected chi connectivity index (χ2v) is 5.25. The minimum atomic E-state index is -0.119. The van der Waals surface area contributed by atoms with Crippen molar-refractivity contribution in [3.63, 3.8) is 0 Å². The first-order valence-corrected chi connectivity index (χ1v) is 7.07. The van der Waals surface area contributed by atoms with Gasteiger partial charge < -0.3 is 5.32 Å². The third-order valence-electron chi connectivity index (χ3n) is 3.79. The van der Waals surface area contributed by atoms with Gasteiger partial charge in [0.25, 0.3) is 0 Å². The Hall–Kier alpha value is -1.71. The van der Waals surface area contributed by atoms with E-state index in [1.54, 1.807) is 6.07 Å². The van der Waals surface area contributed by atoms with Crippen LogP contribution in [0.3, 0.4) is 0 Å². The second-order valence-electron chi connectivity index (χ2n) is 5.25. The van der Waals surface area contributed by atoms with Crippen molar-refractivity contribution in [1.29, 1.82) is 0 Å². The van der Waals surface area contributed by atoms with E-state index in [0.29, 0.717) is 0 Å².